The highest BCUT2D eigenvalue weighted by atomic mass is 16.5. The number of ether oxygens (including phenoxy) is 2. The van der Waals surface area contributed by atoms with Gasteiger partial charge in [-0.1, -0.05) is 224 Å². The highest BCUT2D eigenvalue weighted by Crippen LogP contribution is 2.43. The molecule has 0 radical (unpaired) electrons. The van der Waals surface area contributed by atoms with E-state index in [1.54, 1.807) is 0 Å². The quantitative estimate of drug-likeness (QED) is 0.114. The molecule has 11 aromatic rings. The largest absolute Gasteiger partial charge is 0.457 e. The summed E-state index contributed by atoms with van der Waals surface area (Å²) < 4.78 is 13.6. The van der Waals surface area contributed by atoms with Gasteiger partial charge in [-0.3, -0.25) is 0 Å². The fraction of sp³-hybridized carbons (Fsp3) is 0. The fourth-order valence-electron chi connectivity index (χ4n) is 9.02. The zero-order chi connectivity index (χ0) is 46.9. The summed E-state index contributed by atoms with van der Waals surface area (Å²) in [7, 11) is 0. The predicted octanol–water partition coefficient (Wildman–Crippen LogP) is 18.8. The SMILES string of the molecule is c1ccc(-c2cc(Nc3c(-c4ccccc4)cccc3-c3ccccc3)cc(Oc3cccc(Oc4cc(Nc5c(-c6ccccc6)cccc5-c5ccccc5)cc(-c5ccccc5)c4)c3)c2)cc1. The van der Waals surface area contributed by atoms with E-state index in [0.29, 0.717) is 23.0 Å². The summed E-state index contributed by atoms with van der Waals surface area (Å²) in [5, 5.41) is 7.75. The van der Waals surface area contributed by atoms with Crippen molar-refractivity contribution in [3.05, 3.63) is 279 Å². The van der Waals surface area contributed by atoms with E-state index in [-0.39, 0.29) is 0 Å². The summed E-state index contributed by atoms with van der Waals surface area (Å²) in [6.45, 7) is 0. The van der Waals surface area contributed by atoms with Crippen LogP contribution >= 0.6 is 0 Å². The van der Waals surface area contributed by atoms with Gasteiger partial charge >= 0.3 is 0 Å². The Labute approximate surface area is 409 Å². The Morgan fingerprint density at radius 2 is 0.486 bits per heavy atom. The minimum atomic E-state index is 0.644. The van der Waals surface area contributed by atoms with Gasteiger partial charge in [-0.05, 0) is 80.9 Å². The average molecular weight is 901 g/mol. The van der Waals surface area contributed by atoms with E-state index in [1.807, 2.05) is 36.4 Å². The maximum Gasteiger partial charge on any atom is 0.131 e. The van der Waals surface area contributed by atoms with Crippen molar-refractivity contribution < 1.29 is 9.47 Å². The first-order chi connectivity index (χ1) is 34.7. The van der Waals surface area contributed by atoms with Crippen LogP contribution in [0.3, 0.4) is 0 Å². The number of hydrogen-bond acceptors (Lipinski definition) is 4. The van der Waals surface area contributed by atoms with Crippen molar-refractivity contribution in [2.24, 2.45) is 0 Å². The van der Waals surface area contributed by atoms with Crippen LogP contribution in [0, 0.1) is 0 Å². The molecule has 0 aromatic heterocycles. The van der Waals surface area contributed by atoms with Crippen molar-refractivity contribution in [2.45, 2.75) is 0 Å². The standard InChI is InChI=1S/C66H48N2O2/c1-7-22-47(23-8-1)53-40-55(67-65-61(49-26-11-3-12-27-49)36-20-37-62(65)50-28-13-4-14-29-50)44-59(42-53)69-57-34-19-35-58(46-57)70-60-43-54(48-24-9-2-10-25-48)41-56(45-60)68-66-63(51-30-15-5-16-31-51)38-21-39-64(66)52-32-17-6-18-33-52/h1-46,67-68H. The van der Waals surface area contributed by atoms with Gasteiger partial charge < -0.3 is 20.1 Å². The lowest BCUT2D eigenvalue weighted by atomic mass is 9.95. The topological polar surface area (TPSA) is 42.5 Å². The summed E-state index contributed by atoms with van der Waals surface area (Å²) in [6, 6.07) is 96.4. The highest BCUT2D eigenvalue weighted by Gasteiger charge is 2.17. The molecule has 0 aliphatic carbocycles. The van der Waals surface area contributed by atoms with Gasteiger partial charge in [-0.2, -0.15) is 0 Å². The van der Waals surface area contributed by atoms with Gasteiger partial charge in [0.2, 0.25) is 0 Å². The summed E-state index contributed by atoms with van der Waals surface area (Å²) in [5.74, 6) is 2.65. The van der Waals surface area contributed by atoms with Gasteiger partial charge in [0, 0.05) is 51.8 Å². The normalized spacial score (nSPS) is 10.9. The summed E-state index contributed by atoms with van der Waals surface area (Å²) >= 11 is 0. The summed E-state index contributed by atoms with van der Waals surface area (Å²) in [5.41, 5.74) is 16.9. The molecule has 2 N–H and O–H groups in total. The Bertz CT molecular complexity index is 3160. The van der Waals surface area contributed by atoms with Crippen molar-refractivity contribution >= 4 is 22.7 Å². The van der Waals surface area contributed by atoms with Crippen LogP contribution in [0.25, 0.3) is 66.8 Å². The molecule has 0 unspecified atom stereocenters. The maximum atomic E-state index is 6.80. The van der Waals surface area contributed by atoms with E-state index in [4.69, 9.17) is 9.47 Å². The molecule has 0 saturated heterocycles. The summed E-state index contributed by atoms with van der Waals surface area (Å²) in [4.78, 5) is 0. The fourth-order valence-corrected chi connectivity index (χ4v) is 9.02. The Morgan fingerprint density at radius 1 is 0.200 bits per heavy atom. The third-order valence-electron chi connectivity index (χ3n) is 12.3. The van der Waals surface area contributed by atoms with Gasteiger partial charge in [-0.25, -0.2) is 0 Å². The van der Waals surface area contributed by atoms with Crippen molar-refractivity contribution in [3.63, 3.8) is 0 Å². The third kappa shape index (κ3) is 9.84. The van der Waals surface area contributed by atoms with Crippen LogP contribution in [-0.4, -0.2) is 0 Å². The van der Waals surface area contributed by atoms with Crippen LogP contribution in [-0.2, 0) is 0 Å². The second-order valence-electron chi connectivity index (χ2n) is 17.1. The molecule has 0 bridgehead atoms. The maximum absolute atomic E-state index is 6.80. The molecule has 4 heteroatoms. The lowest BCUT2D eigenvalue weighted by Crippen LogP contribution is -1.98. The van der Waals surface area contributed by atoms with Gasteiger partial charge in [0.15, 0.2) is 0 Å². The molecule has 0 saturated carbocycles. The first kappa shape index (κ1) is 43.2. The van der Waals surface area contributed by atoms with Gasteiger partial charge in [0.05, 0.1) is 11.4 Å². The van der Waals surface area contributed by atoms with E-state index < -0.39 is 0 Å². The molecular weight excluding hydrogens is 853 g/mol. The molecule has 0 heterocycles. The van der Waals surface area contributed by atoms with Crippen LogP contribution in [0.4, 0.5) is 22.7 Å². The van der Waals surface area contributed by atoms with Crippen LogP contribution in [0.1, 0.15) is 0 Å². The second-order valence-corrected chi connectivity index (χ2v) is 17.1. The predicted molar refractivity (Wildman–Crippen MR) is 292 cm³/mol. The van der Waals surface area contributed by atoms with Crippen molar-refractivity contribution in [3.8, 4) is 89.8 Å². The molecule has 0 atom stereocenters. The molecule has 334 valence electrons. The smallest absolute Gasteiger partial charge is 0.131 e. The molecular formula is C66H48N2O2. The van der Waals surface area contributed by atoms with Crippen LogP contribution in [0.5, 0.6) is 23.0 Å². The second kappa shape index (κ2) is 20.2. The minimum absolute atomic E-state index is 0.644. The number of anilines is 4. The van der Waals surface area contributed by atoms with E-state index in [0.717, 1.165) is 89.5 Å². The van der Waals surface area contributed by atoms with Crippen LogP contribution in [0.15, 0.2) is 279 Å². The minimum Gasteiger partial charge on any atom is -0.457 e. The van der Waals surface area contributed by atoms with E-state index >= 15 is 0 Å². The average Bonchev–Trinajstić information content (AvgIpc) is 3.42. The first-order valence-corrected chi connectivity index (χ1v) is 23.6. The molecule has 0 aliphatic rings. The Kier molecular flexibility index (Phi) is 12.5. The zero-order valence-corrected chi connectivity index (χ0v) is 38.4. The van der Waals surface area contributed by atoms with Gasteiger partial charge in [0.1, 0.15) is 23.0 Å². The van der Waals surface area contributed by atoms with Crippen molar-refractivity contribution in [1.82, 2.24) is 0 Å². The number of hydrogen-bond donors (Lipinski definition) is 2. The third-order valence-corrected chi connectivity index (χ3v) is 12.3. The van der Waals surface area contributed by atoms with Crippen molar-refractivity contribution in [2.75, 3.05) is 10.6 Å². The molecule has 4 nitrogen and oxygen atoms in total. The summed E-state index contributed by atoms with van der Waals surface area (Å²) in [6.07, 6.45) is 0. The van der Waals surface area contributed by atoms with Crippen LogP contribution in [0.2, 0.25) is 0 Å². The molecule has 0 spiro atoms. The van der Waals surface area contributed by atoms with Crippen LogP contribution < -0.4 is 20.1 Å². The Morgan fingerprint density at radius 3 is 0.800 bits per heavy atom. The van der Waals surface area contributed by atoms with Gasteiger partial charge in [-0.15, -0.1) is 0 Å². The Balaban J connectivity index is 0.945. The molecule has 0 fully saturated rings. The monoisotopic (exact) mass is 900 g/mol. The van der Waals surface area contributed by atoms with Gasteiger partial charge in [0.25, 0.3) is 0 Å². The first-order valence-electron chi connectivity index (χ1n) is 23.6. The van der Waals surface area contributed by atoms with E-state index in [9.17, 15) is 0 Å². The molecule has 70 heavy (non-hydrogen) atoms. The number of para-hydroxylation sites is 2. The Hall–Kier alpha value is -9.38. The lowest BCUT2D eigenvalue weighted by molar-refractivity contribution is 0.461. The van der Waals surface area contributed by atoms with E-state index in [2.05, 4.69) is 253 Å². The number of rotatable bonds is 14. The molecule has 11 rings (SSSR count). The number of benzene rings is 11. The molecule has 0 amide bonds. The number of nitrogens with one attached hydrogen (secondary N) is 2. The lowest BCUT2D eigenvalue weighted by Gasteiger charge is -2.19. The highest BCUT2D eigenvalue weighted by molar-refractivity contribution is 5.95. The van der Waals surface area contributed by atoms with Crippen molar-refractivity contribution in [1.29, 1.82) is 0 Å². The molecule has 0 aliphatic heterocycles. The van der Waals surface area contributed by atoms with E-state index in [1.165, 1.54) is 0 Å². The molecule has 11 aromatic carbocycles. The zero-order valence-electron chi connectivity index (χ0n) is 38.4.